The zero-order valence-corrected chi connectivity index (χ0v) is 19.2. The molecular weight excluding hydrogens is 460 g/mol. The number of likely N-dealkylation sites (tertiary alicyclic amines) is 1. The van der Waals surface area contributed by atoms with Crippen molar-refractivity contribution < 1.29 is 31.1 Å². The number of carbonyl (C=O) groups is 1. The summed E-state index contributed by atoms with van der Waals surface area (Å²) >= 11 is 0. The third-order valence-electron chi connectivity index (χ3n) is 7.81. The lowest BCUT2D eigenvalue weighted by molar-refractivity contribution is -0.143. The maximum absolute atomic E-state index is 13.4. The van der Waals surface area contributed by atoms with Crippen LogP contribution in [0.3, 0.4) is 0 Å². The number of rotatable bonds is 4. The van der Waals surface area contributed by atoms with Gasteiger partial charge in [0.05, 0.1) is 17.8 Å². The Hall–Kier alpha value is -1.81. The van der Waals surface area contributed by atoms with Crippen LogP contribution in [0.2, 0.25) is 0 Å². The normalized spacial score (nSPS) is 26.7. The molecule has 1 saturated carbocycles. The topological polar surface area (TPSA) is 35.6 Å². The molecule has 2 aliphatic heterocycles. The van der Waals surface area contributed by atoms with Gasteiger partial charge in [-0.05, 0) is 61.8 Å². The molecule has 1 spiro atoms. The summed E-state index contributed by atoms with van der Waals surface area (Å²) in [6.07, 6.45) is -4.64. The smallest absolute Gasteiger partial charge is 0.342 e. The van der Waals surface area contributed by atoms with E-state index in [2.05, 4.69) is 22.0 Å². The minimum atomic E-state index is -4.85. The average Bonchev–Trinajstić information content (AvgIpc) is 3.08. The van der Waals surface area contributed by atoms with Gasteiger partial charge in [-0.3, -0.25) is 14.6 Å². The molecule has 0 aromatic heterocycles. The van der Waals surface area contributed by atoms with Crippen molar-refractivity contribution in [2.45, 2.75) is 81.7 Å². The molecule has 1 aromatic rings. The van der Waals surface area contributed by atoms with Crippen molar-refractivity contribution in [3.63, 3.8) is 0 Å². The van der Waals surface area contributed by atoms with E-state index in [0.717, 1.165) is 44.4 Å². The number of nitrogens with zero attached hydrogens (tertiary/aromatic N) is 2. The Morgan fingerprint density at radius 3 is 2.12 bits per heavy atom. The number of amides is 1. The molecular formula is C24H31F6N3O. The summed E-state index contributed by atoms with van der Waals surface area (Å²) in [7, 11) is 0. The maximum atomic E-state index is 13.4. The first-order valence-electron chi connectivity index (χ1n) is 12.0. The highest BCUT2D eigenvalue weighted by atomic mass is 19.4. The van der Waals surface area contributed by atoms with E-state index in [-0.39, 0.29) is 23.6 Å². The van der Waals surface area contributed by atoms with Gasteiger partial charge in [-0.15, -0.1) is 0 Å². The molecule has 0 bridgehead atoms. The predicted molar refractivity (Wildman–Crippen MR) is 115 cm³/mol. The Balaban J connectivity index is 1.59. The minimum absolute atomic E-state index is 0.0218. The van der Waals surface area contributed by atoms with E-state index >= 15 is 0 Å². The number of benzene rings is 1. The molecule has 34 heavy (non-hydrogen) atoms. The Morgan fingerprint density at radius 2 is 1.56 bits per heavy atom. The quantitative estimate of drug-likeness (QED) is 0.575. The molecule has 2 atom stereocenters. The summed E-state index contributed by atoms with van der Waals surface area (Å²) in [6.45, 7) is 4.57. The van der Waals surface area contributed by atoms with Crippen molar-refractivity contribution in [3.8, 4) is 0 Å². The van der Waals surface area contributed by atoms with E-state index in [1.54, 1.807) is 0 Å². The van der Waals surface area contributed by atoms with Crippen LogP contribution in [-0.4, -0.2) is 53.6 Å². The number of halogens is 6. The Kier molecular flexibility index (Phi) is 6.94. The van der Waals surface area contributed by atoms with Gasteiger partial charge in [0.15, 0.2) is 0 Å². The van der Waals surface area contributed by atoms with Gasteiger partial charge < -0.3 is 5.32 Å². The molecule has 1 aliphatic carbocycles. The van der Waals surface area contributed by atoms with Crippen molar-refractivity contribution in [2.24, 2.45) is 0 Å². The van der Waals surface area contributed by atoms with Crippen LogP contribution in [0.1, 0.15) is 74.5 Å². The highest BCUT2D eigenvalue weighted by Gasteiger charge is 2.51. The lowest BCUT2D eigenvalue weighted by Crippen LogP contribution is -2.58. The van der Waals surface area contributed by atoms with Crippen molar-refractivity contribution in [1.29, 1.82) is 0 Å². The second kappa shape index (κ2) is 9.33. The number of alkyl halides is 6. The highest BCUT2D eigenvalue weighted by Crippen LogP contribution is 2.43. The first-order valence-corrected chi connectivity index (χ1v) is 12.0. The van der Waals surface area contributed by atoms with Crippen LogP contribution in [0.5, 0.6) is 0 Å². The molecule has 1 N–H and O–H groups in total. The summed E-state index contributed by atoms with van der Waals surface area (Å²) < 4.78 is 80.6. The minimum Gasteiger partial charge on any atom is -0.342 e. The zero-order chi connectivity index (χ0) is 24.7. The van der Waals surface area contributed by atoms with Crippen LogP contribution in [0, 0.1) is 0 Å². The van der Waals surface area contributed by atoms with Crippen molar-refractivity contribution in [2.75, 3.05) is 26.3 Å². The van der Waals surface area contributed by atoms with Crippen LogP contribution < -0.4 is 5.32 Å². The Morgan fingerprint density at radius 1 is 0.971 bits per heavy atom. The van der Waals surface area contributed by atoms with Gasteiger partial charge >= 0.3 is 12.4 Å². The van der Waals surface area contributed by atoms with Gasteiger partial charge in [0, 0.05) is 25.7 Å². The standard InChI is InChI=1S/C24H31F6N3O/c1-2-9-33-15-31-21(34)22(33)7-10-32(11-8-22)20-6-4-3-5-19(20)16-12-17(23(25,26)27)14-18(13-16)24(28,29)30/h12-14,19-20H,2-11,15H2,1H3,(H,31,34)/t19-,20-/m1/s1. The molecule has 4 rings (SSSR count). The van der Waals surface area contributed by atoms with Crippen molar-refractivity contribution in [1.82, 2.24) is 15.1 Å². The lowest BCUT2D eigenvalue weighted by atomic mass is 9.76. The number of nitrogens with one attached hydrogen (secondary N) is 1. The van der Waals surface area contributed by atoms with Gasteiger partial charge in [-0.2, -0.15) is 26.3 Å². The molecule has 1 amide bonds. The van der Waals surface area contributed by atoms with Crippen LogP contribution in [-0.2, 0) is 17.1 Å². The molecule has 2 saturated heterocycles. The van der Waals surface area contributed by atoms with E-state index in [4.69, 9.17) is 0 Å². The first kappa shape index (κ1) is 25.3. The van der Waals surface area contributed by atoms with E-state index in [1.165, 1.54) is 0 Å². The van der Waals surface area contributed by atoms with Gasteiger partial charge in [0.2, 0.25) is 5.91 Å². The summed E-state index contributed by atoms with van der Waals surface area (Å²) in [5, 5.41) is 2.94. The SMILES string of the molecule is CCCN1CNC(=O)C12CCN([C@@H]1CCCC[C@@H]1c1cc(C(F)(F)F)cc(C(F)(F)F)c1)CC2. The average molecular weight is 492 g/mol. The van der Waals surface area contributed by atoms with Crippen LogP contribution in [0.25, 0.3) is 0 Å². The molecule has 3 fully saturated rings. The maximum Gasteiger partial charge on any atom is 0.416 e. The van der Waals surface area contributed by atoms with Gasteiger partial charge in [0.1, 0.15) is 5.54 Å². The van der Waals surface area contributed by atoms with Crippen LogP contribution in [0.4, 0.5) is 26.3 Å². The van der Waals surface area contributed by atoms with Crippen molar-refractivity contribution >= 4 is 5.91 Å². The molecule has 3 aliphatic rings. The van der Waals surface area contributed by atoms with Gasteiger partial charge in [-0.1, -0.05) is 19.8 Å². The fourth-order valence-corrected chi connectivity index (χ4v) is 6.09. The monoisotopic (exact) mass is 491 g/mol. The number of piperidine rings is 1. The third-order valence-corrected chi connectivity index (χ3v) is 7.81. The van der Waals surface area contributed by atoms with E-state index in [0.29, 0.717) is 39.0 Å². The van der Waals surface area contributed by atoms with Crippen molar-refractivity contribution in [3.05, 3.63) is 34.9 Å². The third kappa shape index (κ3) is 4.80. The molecule has 0 unspecified atom stereocenters. The molecule has 4 nitrogen and oxygen atoms in total. The van der Waals surface area contributed by atoms with Crippen LogP contribution >= 0.6 is 0 Å². The summed E-state index contributed by atoms with van der Waals surface area (Å²) in [5.74, 6) is -0.385. The van der Waals surface area contributed by atoms with E-state index < -0.39 is 34.9 Å². The Labute approximate surface area is 195 Å². The Bertz CT molecular complexity index is 859. The largest absolute Gasteiger partial charge is 0.416 e. The molecule has 2 heterocycles. The van der Waals surface area contributed by atoms with E-state index in [1.807, 2.05) is 0 Å². The first-order chi connectivity index (χ1) is 16.0. The number of hydrogen-bond acceptors (Lipinski definition) is 3. The summed E-state index contributed by atoms with van der Waals surface area (Å²) in [4.78, 5) is 17.1. The number of hydrogen-bond donors (Lipinski definition) is 1. The molecule has 1 aromatic carbocycles. The zero-order valence-electron chi connectivity index (χ0n) is 19.2. The molecule has 10 heteroatoms. The predicted octanol–water partition coefficient (Wildman–Crippen LogP) is 5.38. The second-order valence-electron chi connectivity index (χ2n) is 9.79. The molecule has 0 radical (unpaired) electrons. The fourth-order valence-electron chi connectivity index (χ4n) is 6.09. The fraction of sp³-hybridized carbons (Fsp3) is 0.708. The lowest BCUT2D eigenvalue weighted by Gasteiger charge is -2.47. The molecule has 190 valence electrons. The second-order valence-corrected chi connectivity index (χ2v) is 9.79. The summed E-state index contributed by atoms with van der Waals surface area (Å²) in [5.41, 5.74) is -2.96. The van der Waals surface area contributed by atoms with Gasteiger partial charge in [-0.25, -0.2) is 0 Å². The highest BCUT2D eigenvalue weighted by molar-refractivity contribution is 5.88. The number of carbonyl (C=O) groups excluding carboxylic acids is 1. The van der Waals surface area contributed by atoms with Crippen LogP contribution in [0.15, 0.2) is 18.2 Å². The van der Waals surface area contributed by atoms with E-state index in [9.17, 15) is 31.1 Å². The van der Waals surface area contributed by atoms with Gasteiger partial charge in [0.25, 0.3) is 0 Å². The summed E-state index contributed by atoms with van der Waals surface area (Å²) in [6, 6.07) is 1.86.